The Hall–Kier alpha value is -0.530. The number of carbonyl (C=O) groups is 1. The molecule has 2 fully saturated rings. The van der Waals surface area contributed by atoms with Gasteiger partial charge < -0.3 is 4.74 Å². The lowest BCUT2D eigenvalue weighted by Gasteiger charge is -2.36. The molecule has 2 bridgehead atoms. The average Bonchev–Trinajstić information content (AvgIpc) is 2.60. The third-order valence-electron chi connectivity index (χ3n) is 4.25. The van der Waals surface area contributed by atoms with E-state index in [4.69, 9.17) is 4.74 Å². The van der Waals surface area contributed by atoms with E-state index in [0.29, 0.717) is 5.92 Å². The van der Waals surface area contributed by atoms with Gasteiger partial charge in [0, 0.05) is 0 Å². The SMILES string of the molecule is COC(=O)[C@@H]1[C@H]2CC[C@H](C2)C1(C)C. The van der Waals surface area contributed by atoms with Crippen molar-refractivity contribution >= 4 is 5.97 Å². The fourth-order valence-corrected chi connectivity index (χ4v) is 3.48. The van der Waals surface area contributed by atoms with Crippen LogP contribution >= 0.6 is 0 Å². The molecule has 0 aromatic heterocycles. The largest absolute Gasteiger partial charge is 0.469 e. The minimum absolute atomic E-state index is 0.0113. The molecular formula is C11H18O2. The van der Waals surface area contributed by atoms with Gasteiger partial charge in [-0.2, -0.15) is 0 Å². The zero-order chi connectivity index (χ0) is 9.64. The van der Waals surface area contributed by atoms with E-state index in [-0.39, 0.29) is 17.3 Å². The van der Waals surface area contributed by atoms with Crippen LogP contribution in [-0.2, 0) is 9.53 Å². The van der Waals surface area contributed by atoms with Crippen LogP contribution < -0.4 is 0 Å². The van der Waals surface area contributed by atoms with Crippen molar-refractivity contribution < 1.29 is 9.53 Å². The second-order valence-electron chi connectivity index (χ2n) is 5.09. The molecule has 0 aromatic rings. The first-order chi connectivity index (χ1) is 6.07. The summed E-state index contributed by atoms with van der Waals surface area (Å²) in [4.78, 5) is 11.6. The number of hydrogen-bond acceptors (Lipinski definition) is 2. The monoisotopic (exact) mass is 182 g/mol. The third-order valence-corrected chi connectivity index (χ3v) is 4.25. The maximum absolute atomic E-state index is 11.6. The Balaban J connectivity index is 2.23. The first kappa shape index (κ1) is 9.04. The molecule has 2 aliphatic carbocycles. The highest BCUT2D eigenvalue weighted by Gasteiger charge is 2.56. The Morgan fingerprint density at radius 2 is 2.08 bits per heavy atom. The fourth-order valence-electron chi connectivity index (χ4n) is 3.48. The quantitative estimate of drug-likeness (QED) is 0.581. The number of hydrogen-bond donors (Lipinski definition) is 0. The third kappa shape index (κ3) is 1.11. The van der Waals surface area contributed by atoms with Crippen LogP contribution in [0.4, 0.5) is 0 Å². The van der Waals surface area contributed by atoms with E-state index in [0.717, 1.165) is 5.92 Å². The van der Waals surface area contributed by atoms with Crippen molar-refractivity contribution in [2.75, 3.05) is 7.11 Å². The van der Waals surface area contributed by atoms with Crippen LogP contribution in [-0.4, -0.2) is 13.1 Å². The molecule has 0 unspecified atom stereocenters. The summed E-state index contributed by atoms with van der Waals surface area (Å²) in [5, 5.41) is 0. The van der Waals surface area contributed by atoms with Gasteiger partial charge >= 0.3 is 5.97 Å². The Kier molecular flexibility index (Phi) is 1.90. The lowest BCUT2D eigenvalue weighted by Crippen LogP contribution is -2.36. The highest BCUT2D eigenvalue weighted by Crippen LogP contribution is 2.59. The highest BCUT2D eigenvalue weighted by molar-refractivity contribution is 5.74. The van der Waals surface area contributed by atoms with Gasteiger partial charge in [0.1, 0.15) is 0 Å². The summed E-state index contributed by atoms with van der Waals surface area (Å²) in [5.74, 6) is 1.53. The summed E-state index contributed by atoms with van der Waals surface area (Å²) < 4.78 is 4.88. The minimum Gasteiger partial charge on any atom is -0.469 e. The van der Waals surface area contributed by atoms with Crippen LogP contribution in [0.2, 0.25) is 0 Å². The number of carbonyl (C=O) groups excluding carboxylic acids is 1. The van der Waals surface area contributed by atoms with E-state index >= 15 is 0 Å². The molecule has 0 amide bonds. The molecule has 0 saturated heterocycles. The Bertz CT molecular complexity index is 232. The van der Waals surface area contributed by atoms with Crippen LogP contribution in [0.3, 0.4) is 0 Å². The molecule has 74 valence electrons. The van der Waals surface area contributed by atoms with Crippen molar-refractivity contribution in [1.29, 1.82) is 0 Å². The van der Waals surface area contributed by atoms with Gasteiger partial charge in [0.2, 0.25) is 0 Å². The van der Waals surface area contributed by atoms with Crippen molar-refractivity contribution in [2.45, 2.75) is 33.1 Å². The second kappa shape index (κ2) is 2.73. The van der Waals surface area contributed by atoms with E-state index in [2.05, 4.69) is 13.8 Å². The van der Waals surface area contributed by atoms with Crippen molar-refractivity contribution in [1.82, 2.24) is 0 Å². The molecule has 0 N–H and O–H groups in total. The molecule has 0 aliphatic heterocycles. The van der Waals surface area contributed by atoms with Gasteiger partial charge in [-0.3, -0.25) is 4.79 Å². The summed E-state index contributed by atoms with van der Waals surface area (Å²) in [6.07, 6.45) is 3.78. The molecule has 2 heteroatoms. The molecule has 0 radical (unpaired) electrons. The number of esters is 1. The van der Waals surface area contributed by atoms with Gasteiger partial charge in [-0.1, -0.05) is 13.8 Å². The van der Waals surface area contributed by atoms with E-state index in [1.54, 1.807) is 0 Å². The van der Waals surface area contributed by atoms with Gasteiger partial charge in [-0.15, -0.1) is 0 Å². The molecular weight excluding hydrogens is 164 g/mol. The zero-order valence-corrected chi connectivity index (χ0v) is 8.67. The van der Waals surface area contributed by atoms with Crippen molar-refractivity contribution in [3.8, 4) is 0 Å². The van der Waals surface area contributed by atoms with Gasteiger partial charge in [-0.05, 0) is 36.5 Å². The molecule has 2 saturated carbocycles. The topological polar surface area (TPSA) is 26.3 Å². The summed E-state index contributed by atoms with van der Waals surface area (Å²) in [6, 6.07) is 0. The maximum atomic E-state index is 11.6. The first-order valence-electron chi connectivity index (χ1n) is 5.15. The molecule has 0 heterocycles. The van der Waals surface area contributed by atoms with Gasteiger partial charge in [0.25, 0.3) is 0 Å². The lowest BCUT2D eigenvalue weighted by atomic mass is 9.69. The Morgan fingerprint density at radius 3 is 2.54 bits per heavy atom. The number of ether oxygens (including phenoxy) is 1. The molecule has 0 spiro atoms. The van der Waals surface area contributed by atoms with Crippen molar-refractivity contribution in [2.24, 2.45) is 23.2 Å². The lowest BCUT2D eigenvalue weighted by molar-refractivity contribution is -0.152. The average molecular weight is 182 g/mol. The summed E-state index contributed by atoms with van der Waals surface area (Å²) in [5.41, 5.74) is 0.177. The van der Waals surface area contributed by atoms with E-state index in [9.17, 15) is 4.79 Å². The predicted molar refractivity (Wildman–Crippen MR) is 50.1 cm³/mol. The minimum atomic E-state index is 0.0113. The first-order valence-corrected chi connectivity index (χ1v) is 5.15. The number of fused-ring (bicyclic) bond motifs is 2. The molecule has 2 rings (SSSR count). The number of rotatable bonds is 1. The molecule has 3 atom stereocenters. The normalized spacial score (nSPS) is 40.7. The molecule has 2 aliphatic rings. The van der Waals surface area contributed by atoms with E-state index in [1.807, 2.05) is 0 Å². The summed E-state index contributed by atoms with van der Waals surface area (Å²) >= 11 is 0. The molecule has 0 aromatic carbocycles. The predicted octanol–water partition coefficient (Wildman–Crippen LogP) is 2.23. The van der Waals surface area contributed by atoms with Crippen molar-refractivity contribution in [3.05, 3.63) is 0 Å². The van der Waals surface area contributed by atoms with E-state index in [1.165, 1.54) is 26.4 Å². The maximum Gasteiger partial charge on any atom is 0.309 e. The van der Waals surface area contributed by atoms with Crippen LogP contribution in [0.5, 0.6) is 0 Å². The standard InChI is InChI=1S/C11H18O2/c1-11(2)8-5-4-7(6-8)9(11)10(12)13-3/h7-9H,4-6H2,1-3H3/t7-,8+,9-/m0/s1. The summed E-state index contributed by atoms with van der Waals surface area (Å²) in [7, 11) is 1.50. The van der Waals surface area contributed by atoms with E-state index < -0.39 is 0 Å². The smallest absolute Gasteiger partial charge is 0.309 e. The van der Waals surface area contributed by atoms with Crippen LogP contribution in [0.1, 0.15) is 33.1 Å². The molecule has 2 nitrogen and oxygen atoms in total. The number of methoxy groups -OCH3 is 1. The van der Waals surface area contributed by atoms with Crippen LogP contribution in [0.15, 0.2) is 0 Å². The Labute approximate surface area is 79.7 Å². The van der Waals surface area contributed by atoms with Crippen LogP contribution in [0, 0.1) is 23.2 Å². The second-order valence-corrected chi connectivity index (χ2v) is 5.09. The highest BCUT2D eigenvalue weighted by atomic mass is 16.5. The summed E-state index contributed by atoms with van der Waals surface area (Å²) in [6.45, 7) is 4.44. The fraction of sp³-hybridized carbons (Fsp3) is 0.909. The van der Waals surface area contributed by atoms with Gasteiger partial charge in [0.05, 0.1) is 13.0 Å². The zero-order valence-electron chi connectivity index (χ0n) is 8.67. The van der Waals surface area contributed by atoms with Crippen LogP contribution in [0.25, 0.3) is 0 Å². The Morgan fingerprint density at radius 1 is 1.38 bits per heavy atom. The molecule has 13 heavy (non-hydrogen) atoms. The van der Waals surface area contributed by atoms with Crippen molar-refractivity contribution in [3.63, 3.8) is 0 Å². The van der Waals surface area contributed by atoms with Gasteiger partial charge in [0.15, 0.2) is 0 Å². The van der Waals surface area contributed by atoms with Gasteiger partial charge in [-0.25, -0.2) is 0 Å².